The number of amidine groups is 1. The van der Waals surface area contributed by atoms with Crippen molar-refractivity contribution < 1.29 is 8.42 Å². The van der Waals surface area contributed by atoms with Gasteiger partial charge in [-0.3, -0.25) is 14.6 Å². The first kappa shape index (κ1) is 14.5. The third-order valence-electron chi connectivity index (χ3n) is 4.29. The van der Waals surface area contributed by atoms with E-state index in [-0.39, 0.29) is 6.04 Å². The minimum absolute atomic E-state index is 0.135. The van der Waals surface area contributed by atoms with Crippen molar-refractivity contribution in [2.75, 3.05) is 13.1 Å². The second-order valence-corrected chi connectivity index (χ2v) is 7.82. The third-order valence-corrected chi connectivity index (χ3v) is 5.69. The standard InChI is InChI=1S/C15H21N3O2S/c1-10(2)18-8-11(3)13(9-18)16-15-12-6-4-5-7-14(12)21(19,20)17-15/h4-7,10-11,13H,8-9H2,1-3H3,(H,16,17). The van der Waals surface area contributed by atoms with E-state index in [1.807, 2.05) is 12.1 Å². The Kier molecular flexibility index (Phi) is 3.53. The zero-order valence-electron chi connectivity index (χ0n) is 12.6. The van der Waals surface area contributed by atoms with Gasteiger partial charge < -0.3 is 0 Å². The van der Waals surface area contributed by atoms with Crippen LogP contribution in [-0.4, -0.2) is 44.3 Å². The molecule has 1 aromatic rings. The third kappa shape index (κ3) is 2.58. The fraction of sp³-hybridized carbons (Fsp3) is 0.533. The van der Waals surface area contributed by atoms with E-state index in [4.69, 9.17) is 4.99 Å². The van der Waals surface area contributed by atoms with Crippen molar-refractivity contribution in [3.8, 4) is 0 Å². The van der Waals surface area contributed by atoms with Crippen LogP contribution in [0.15, 0.2) is 34.2 Å². The lowest BCUT2D eigenvalue weighted by Crippen LogP contribution is -2.29. The Morgan fingerprint density at radius 1 is 1.29 bits per heavy atom. The van der Waals surface area contributed by atoms with Crippen molar-refractivity contribution in [2.24, 2.45) is 10.9 Å². The number of nitrogens with one attached hydrogen (secondary N) is 1. The molecule has 1 fully saturated rings. The molecule has 2 aliphatic heterocycles. The summed E-state index contributed by atoms with van der Waals surface area (Å²) in [5, 5.41) is 0. The van der Waals surface area contributed by atoms with Crippen LogP contribution in [0.25, 0.3) is 0 Å². The Morgan fingerprint density at radius 2 is 2.00 bits per heavy atom. The fourth-order valence-electron chi connectivity index (χ4n) is 2.97. The summed E-state index contributed by atoms with van der Waals surface area (Å²) in [6.07, 6.45) is 0. The average molecular weight is 307 g/mol. The molecule has 0 saturated carbocycles. The number of benzene rings is 1. The van der Waals surface area contributed by atoms with E-state index in [0.717, 1.165) is 13.1 Å². The molecule has 1 N–H and O–H groups in total. The van der Waals surface area contributed by atoms with Gasteiger partial charge in [0.1, 0.15) is 5.84 Å². The van der Waals surface area contributed by atoms with Crippen LogP contribution in [0.5, 0.6) is 0 Å². The molecule has 5 nitrogen and oxygen atoms in total. The van der Waals surface area contributed by atoms with Crippen LogP contribution in [0.4, 0.5) is 0 Å². The Bertz CT molecular complexity index is 682. The van der Waals surface area contributed by atoms with Gasteiger partial charge in [0, 0.05) is 24.7 Å². The molecule has 1 aromatic carbocycles. The highest BCUT2D eigenvalue weighted by Gasteiger charge is 2.34. The largest absolute Gasteiger partial charge is 0.298 e. The number of hydrogen-bond donors (Lipinski definition) is 1. The van der Waals surface area contributed by atoms with E-state index in [1.54, 1.807) is 12.1 Å². The molecular weight excluding hydrogens is 286 g/mol. The number of sulfonamides is 1. The molecule has 3 rings (SSSR count). The van der Waals surface area contributed by atoms with Crippen LogP contribution in [0, 0.1) is 5.92 Å². The number of nitrogens with zero attached hydrogens (tertiary/aromatic N) is 2. The van der Waals surface area contributed by atoms with Crippen molar-refractivity contribution in [3.05, 3.63) is 29.8 Å². The number of rotatable bonds is 2. The lowest BCUT2D eigenvalue weighted by atomic mass is 10.1. The van der Waals surface area contributed by atoms with Crippen molar-refractivity contribution in [1.82, 2.24) is 9.62 Å². The zero-order chi connectivity index (χ0) is 15.2. The Hall–Kier alpha value is -1.40. The molecular formula is C15H21N3O2S. The summed E-state index contributed by atoms with van der Waals surface area (Å²) in [6.45, 7) is 8.41. The number of aliphatic imine (C=N–C) groups is 1. The van der Waals surface area contributed by atoms with Gasteiger partial charge in [-0.05, 0) is 31.9 Å². The smallest absolute Gasteiger partial charge is 0.263 e. The van der Waals surface area contributed by atoms with Crippen molar-refractivity contribution >= 4 is 15.9 Å². The van der Waals surface area contributed by atoms with E-state index in [1.165, 1.54) is 0 Å². The fourth-order valence-corrected chi connectivity index (χ4v) is 4.21. The maximum atomic E-state index is 12.1. The first-order valence-corrected chi connectivity index (χ1v) is 8.81. The second-order valence-electron chi connectivity index (χ2n) is 6.17. The van der Waals surface area contributed by atoms with Crippen LogP contribution < -0.4 is 4.72 Å². The highest BCUT2D eigenvalue weighted by molar-refractivity contribution is 7.90. The highest BCUT2D eigenvalue weighted by atomic mass is 32.2. The maximum absolute atomic E-state index is 12.1. The summed E-state index contributed by atoms with van der Waals surface area (Å²) < 4.78 is 26.8. The summed E-state index contributed by atoms with van der Waals surface area (Å²) in [6, 6.07) is 7.64. The number of fused-ring (bicyclic) bond motifs is 1. The summed E-state index contributed by atoms with van der Waals surface area (Å²) in [4.78, 5) is 7.42. The number of hydrogen-bond acceptors (Lipinski definition) is 4. The molecule has 21 heavy (non-hydrogen) atoms. The lowest BCUT2D eigenvalue weighted by molar-refractivity contribution is 0.266. The van der Waals surface area contributed by atoms with Gasteiger partial charge in [-0.1, -0.05) is 19.1 Å². The summed E-state index contributed by atoms with van der Waals surface area (Å²) >= 11 is 0. The van der Waals surface area contributed by atoms with Crippen LogP contribution in [0.2, 0.25) is 0 Å². The van der Waals surface area contributed by atoms with E-state index >= 15 is 0 Å². The quantitative estimate of drug-likeness (QED) is 0.899. The first-order valence-electron chi connectivity index (χ1n) is 7.32. The summed E-state index contributed by atoms with van der Waals surface area (Å²) in [5.41, 5.74) is 0.688. The maximum Gasteiger partial charge on any atom is 0.263 e. The summed E-state index contributed by atoms with van der Waals surface area (Å²) in [7, 11) is -3.44. The van der Waals surface area contributed by atoms with E-state index in [9.17, 15) is 8.42 Å². The van der Waals surface area contributed by atoms with Gasteiger partial charge in [-0.25, -0.2) is 8.42 Å². The van der Waals surface area contributed by atoms with Crippen molar-refractivity contribution in [3.63, 3.8) is 0 Å². The molecule has 0 aliphatic carbocycles. The SMILES string of the molecule is CC1CN(C(C)C)CC1N=C1NS(=O)(=O)c2ccccc21. The highest BCUT2D eigenvalue weighted by Crippen LogP contribution is 2.26. The predicted molar refractivity (Wildman–Crippen MR) is 83.0 cm³/mol. The minimum Gasteiger partial charge on any atom is -0.298 e. The van der Waals surface area contributed by atoms with Gasteiger partial charge in [0.25, 0.3) is 10.0 Å². The molecule has 0 radical (unpaired) electrons. The van der Waals surface area contributed by atoms with Crippen molar-refractivity contribution in [2.45, 2.75) is 37.8 Å². The van der Waals surface area contributed by atoms with Crippen LogP contribution in [-0.2, 0) is 10.0 Å². The molecule has 0 aromatic heterocycles. The molecule has 2 atom stereocenters. The Labute approximate surface area is 126 Å². The summed E-state index contributed by atoms with van der Waals surface area (Å²) in [5.74, 6) is 0.922. The van der Waals surface area contributed by atoms with Gasteiger partial charge in [0.2, 0.25) is 0 Å². The monoisotopic (exact) mass is 307 g/mol. The zero-order valence-corrected chi connectivity index (χ0v) is 13.4. The molecule has 2 aliphatic rings. The van der Waals surface area contributed by atoms with E-state index in [0.29, 0.717) is 28.3 Å². The van der Waals surface area contributed by atoms with Crippen LogP contribution in [0.1, 0.15) is 26.3 Å². The first-order chi connectivity index (χ1) is 9.88. The average Bonchev–Trinajstić information content (AvgIpc) is 2.90. The van der Waals surface area contributed by atoms with Crippen molar-refractivity contribution in [1.29, 1.82) is 0 Å². The predicted octanol–water partition coefficient (Wildman–Crippen LogP) is 1.45. The lowest BCUT2D eigenvalue weighted by Gasteiger charge is -2.19. The van der Waals surface area contributed by atoms with Gasteiger partial charge >= 0.3 is 0 Å². The topological polar surface area (TPSA) is 61.8 Å². The molecule has 0 amide bonds. The van der Waals surface area contributed by atoms with Gasteiger partial charge in [-0.15, -0.1) is 0 Å². The van der Waals surface area contributed by atoms with E-state index in [2.05, 4.69) is 30.4 Å². The molecule has 114 valence electrons. The molecule has 1 saturated heterocycles. The molecule has 2 heterocycles. The molecule has 0 bridgehead atoms. The molecule has 6 heteroatoms. The normalized spacial score (nSPS) is 29.8. The van der Waals surface area contributed by atoms with Crippen LogP contribution in [0.3, 0.4) is 0 Å². The van der Waals surface area contributed by atoms with Gasteiger partial charge in [0.15, 0.2) is 0 Å². The second kappa shape index (κ2) is 5.10. The number of likely N-dealkylation sites (tertiary alicyclic amines) is 1. The van der Waals surface area contributed by atoms with E-state index < -0.39 is 10.0 Å². The van der Waals surface area contributed by atoms with Crippen LogP contribution >= 0.6 is 0 Å². The minimum atomic E-state index is -3.44. The molecule has 2 unspecified atom stereocenters. The molecule has 0 spiro atoms. The van der Waals surface area contributed by atoms with Gasteiger partial charge in [0.05, 0.1) is 10.9 Å². The Balaban J connectivity index is 1.92. The van der Waals surface area contributed by atoms with Gasteiger partial charge in [-0.2, -0.15) is 0 Å². The Morgan fingerprint density at radius 3 is 2.67 bits per heavy atom.